The van der Waals surface area contributed by atoms with Crippen LogP contribution >= 0.6 is 0 Å². The third-order valence-electron chi connectivity index (χ3n) is 2.20. The molecule has 13 heavy (non-hydrogen) atoms. The van der Waals surface area contributed by atoms with E-state index in [1.165, 1.54) is 19.8 Å². The van der Waals surface area contributed by atoms with Crippen molar-refractivity contribution in [2.24, 2.45) is 7.05 Å². The summed E-state index contributed by atoms with van der Waals surface area (Å²) in [5.41, 5.74) is 1.10. The molecule has 1 saturated carbocycles. The summed E-state index contributed by atoms with van der Waals surface area (Å²) in [6.45, 7) is 1.50. The molecule has 0 aromatic carbocycles. The molecule has 0 radical (unpaired) electrons. The normalized spacial score (nSPS) is 15.8. The Morgan fingerprint density at radius 1 is 1.69 bits per heavy atom. The first kappa shape index (κ1) is 8.29. The molecule has 1 amide bonds. The zero-order valence-electron chi connectivity index (χ0n) is 7.87. The van der Waals surface area contributed by atoms with Gasteiger partial charge in [-0.05, 0) is 12.8 Å². The third-order valence-corrected chi connectivity index (χ3v) is 2.20. The lowest BCUT2D eigenvalue weighted by molar-refractivity contribution is -0.114. The SMILES string of the molecule is CC(=O)Nc1cc(C2CC2)nn1C. The zero-order valence-corrected chi connectivity index (χ0v) is 7.87. The van der Waals surface area contributed by atoms with E-state index in [2.05, 4.69) is 10.4 Å². The van der Waals surface area contributed by atoms with Crippen molar-refractivity contribution in [3.8, 4) is 0 Å². The summed E-state index contributed by atoms with van der Waals surface area (Å²) in [4.78, 5) is 10.8. The molecule has 1 aliphatic carbocycles. The summed E-state index contributed by atoms with van der Waals surface area (Å²) in [6, 6.07) is 1.96. The van der Waals surface area contributed by atoms with Crippen LogP contribution in [0.15, 0.2) is 6.07 Å². The van der Waals surface area contributed by atoms with Gasteiger partial charge in [0.15, 0.2) is 0 Å². The number of anilines is 1. The van der Waals surface area contributed by atoms with Gasteiger partial charge in [-0.25, -0.2) is 0 Å². The standard InChI is InChI=1S/C9H13N3O/c1-6(13)10-9-5-8(7-3-4-7)11-12(9)2/h5,7H,3-4H2,1-2H3,(H,10,13). The second-order valence-corrected chi connectivity index (χ2v) is 3.53. The number of aromatic nitrogens is 2. The molecule has 0 aliphatic heterocycles. The van der Waals surface area contributed by atoms with Gasteiger partial charge in [-0.3, -0.25) is 9.48 Å². The van der Waals surface area contributed by atoms with Crippen LogP contribution in [0.25, 0.3) is 0 Å². The van der Waals surface area contributed by atoms with E-state index in [-0.39, 0.29) is 5.91 Å². The molecule has 0 unspecified atom stereocenters. The van der Waals surface area contributed by atoms with Gasteiger partial charge in [-0.2, -0.15) is 5.10 Å². The molecule has 1 aromatic heterocycles. The molecule has 1 fully saturated rings. The summed E-state index contributed by atoms with van der Waals surface area (Å²) in [5, 5.41) is 7.07. The van der Waals surface area contributed by atoms with E-state index >= 15 is 0 Å². The molecule has 2 rings (SSSR count). The van der Waals surface area contributed by atoms with E-state index in [0.29, 0.717) is 5.92 Å². The summed E-state index contributed by atoms with van der Waals surface area (Å²) in [6.07, 6.45) is 2.47. The largest absolute Gasteiger partial charge is 0.311 e. The monoisotopic (exact) mass is 179 g/mol. The lowest BCUT2D eigenvalue weighted by Gasteiger charge is -1.99. The third kappa shape index (κ3) is 1.71. The van der Waals surface area contributed by atoms with Gasteiger partial charge in [0.1, 0.15) is 5.82 Å². The van der Waals surface area contributed by atoms with E-state index in [1.807, 2.05) is 13.1 Å². The molecule has 1 aliphatic rings. The number of hydrogen-bond acceptors (Lipinski definition) is 2. The fourth-order valence-corrected chi connectivity index (χ4v) is 1.37. The van der Waals surface area contributed by atoms with Crippen LogP contribution in [0, 0.1) is 0 Å². The minimum atomic E-state index is -0.0506. The Morgan fingerprint density at radius 3 is 2.92 bits per heavy atom. The second kappa shape index (κ2) is 2.87. The minimum Gasteiger partial charge on any atom is -0.311 e. The number of amides is 1. The predicted molar refractivity (Wildman–Crippen MR) is 49.5 cm³/mol. The molecule has 0 spiro atoms. The van der Waals surface area contributed by atoms with E-state index in [0.717, 1.165) is 11.5 Å². The van der Waals surface area contributed by atoms with Crippen molar-refractivity contribution < 1.29 is 4.79 Å². The van der Waals surface area contributed by atoms with Gasteiger partial charge < -0.3 is 5.32 Å². The molecule has 0 atom stereocenters. The van der Waals surface area contributed by atoms with Gasteiger partial charge in [0.05, 0.1) is 5.69 Å². The van der Waals surface area contributed by atoms with Crippen molar-refractivity contribution in [3.63, 3.8) is 0 Å². The van der Waals surface area contributed by atoms with Crippen LogP contribution in [0.5, 0.6) is 0 Å². The highest BCUT2D eigenvalue weighted by Gasteiger charge is 2.26. The summed E-state index contributed by atoms with van der Waals surface area (Å²) in [5.74, 6) is 1.37. The average Bonchev–Trinajstić information content (AvgIpc) is 2.79. The van der Waals surface area contributed by atoms with Crippen LogP contribution in [-0.2, 0) is 11.8 Å². The van der Waals surface area contributed by atoms with Crippen molar-refractivity contribution in [2.45, 2.75) is 25.7 Å². The maximum atomic E-state index is 10.8. The van der Waals surface area contributed by atoms with E-state index in [4.69, 9.17) is 0 Å². The molecular formula is C9H13N3O. The smallest absolute Gasteiger partial charge is 0.222 e. The van der Waals surface area contributed by atoms with E-state index in [1.54, 1.807) is 4.68 Å². The first-order valence-corrected chi connectivity index (χ1v) is 4.48. The Kier molecular flexibility index (Phi) is 1.83. The topological polar surface area (TPSA) is 46.9 Å². The maximum Gasteiger partial charge on any atom is 0.222 e. The molecule has 70 valence electrons. The number of hydrogen-bond donors (Lipinski definition) is 1. The summed E-state index contributed by atoms with van der Waals surface area (Å²) >= 11 is 0. The molecule has 1 heterocycles. The number of rotatable bonds is 2. The number of carbonyl (C=O) groups excluding carboxylic acids is 1. The Hall–Kier alpha value is -1.32. The lowest BCUT2D eigenvalue weighted by atomic mass is 10.3. The number of nitrogens with zero attached hydrogens (tertiary/aromatic N) is 2. The van der Waals surface area contributed by atoms with Crippen LogP contribution in [-0.4, -0.2) is 15.7 Å². The molecule has 1 N–H and O–H groups in total. The first-order valence-electron chi connectivity index (χ1n) is 4.48. The highest BCUT2D eigenvalue weighted by atomic mass is 16.1. The van der Waals surface area contributed by atoms with Crippen molar-refractivity contribution >= 4 is 11.7 Å². The molecule has 4 nitrogen and oxygen atoms in total. The number of aryl methyl sites for hydroxylation is 1. The van der Waals surface area contributed by atoms with E-state index < -0.39 is 0 Å². The maximum absolute atomic E-state index is 10.8. The minimum absolute atomic E-state index is 0.0506. The van der Waals surface area contributed by atoms with Crippen LogP contribution in [0.1, 0.15) is 31.4 Å². The zero-order chi connectivity index (χ0) is 9.42. The molecule has 1 aromatic rings. The fraction of sp³-hybridized carbons (Fsp3) is 0.556. The van der Waals surface area contributed by atoms with Crippen molar-refractivity contribution in [1.82, 2.24) is 9.78 Å². The van der Waals surface area contributed by atoms with Crippen LogP contribution < -0.4 is 5.32 Å². The van der Waals surface area contributed by atoms with Crippen molar-refractivity contribution in [3.05, 3.63) is 11.8 Å². The van der Waals surface area contributed by atoms with E-state index in [9.17, 15) is 4.79 Å². The van der Waals surface area contributed by atoms with Gasteiger partial charge in [-0.1, -0.05) is 0 Å². The van der Waals surface area contributed by atoms with Gasteiger partial charge >= 0.3 is 0 Å². The summed E-state index contributed by atoms with van der Waals surface area (Å²) < 4.78 is 1.72. The Labute approximate surface area is 76.9 Å². The first-order chi connectivity index (χ1) is 6.16. The van der Waals surface area contributed by atoms with Crippen LogP contribution in [0.4, 0.5) is 5.82 Å². The van der Waals surface area contributed by atoms with Gasteiger partial charge in [-0.15, -0.1) is 0 Å². The predicted octanol–water partition coefficient (Wildman–Crippen LogP) is 1.26. The average molecular weight is 179 g/mol. The quantitative estimate of drug-likeness (QED) is 0.742. The highest BCUT2D eigenvalue weighted by Crippen LogP contribution is 2.39. The Bertz CT molecular complexity index is 339. The van der Waals surface area contributed by atoms with Gasteiger partial charge in [0.2, 0.25) is 5.91 Å². The second-order valence-electron chi connectivity index (χ2n) is 3.53. The highest BCUT2D eigenvalue weighted by molar-refractivity contribution is 5.87. The summed E-state index contributed by atoms with van der Waals surface area (Å²) in [7, 11) is 1.84. The number of carbonyl (C=O) groups is 1. The van der Waals surface area contributed by atoms with Crippen molar-refractivity contribution in [2.75, 3.05) is 5.32 Å². The molecular weight excluding hydrogens is 166 g/mol. The Morgan fingerprint density at radius 2 is 2.38 bits per heavy atom. The fourth-order valence-electron chi connectivity index (χ4n) is 1.37. The van der Waals surface area contributed by atoms with Gasteiger partial charge in [0, 0.05) is 26.0 Å². The van der Waals surface area contributed by atoms with Crippen molar-refractivity contribution in [1.29, 1.82) is 0 Å². The Balaban J connectivity index is 2.19. The van der Waals surface area contributed by atoms with Crippen LogP contribution in [0.3, 0.4) is 0 Å². The lowest BCUT2D eigenvalue weighted by Crippen LogP contribution is -2.09. The molecule has 0 bridgehead atoms. The van der Waals surface area contributed by atoms with Crippen LogP contribution in [0.2, 0.25) is 0 Å². The van der Waals surface area contributed by atoms with Gasteiger partial charge in [0.25, 0.3) is 0 Å². The number of nitrogens with one attached hydrogen (secondary N) is 1. The molecule has 0 saturated heterocycles. The molecule has 4 heteroatoms.